The molecule has 0 bridgehead atoms. The van der Waals surface area contributed by atoms with Gasteiger partial charge in [0.05, 0.1) is 4.91 Å². The second-order valence-electron chi connectivity index (χ2n) is 5.66. The van der Waals surface area contributed by atoms with E-state index in [9.17, 15) is 4.79 Å². The SMILES string of the molecule is CCCC[C@@H](CC)CN1C(=O)/C(=C\c2ccc(C)o2)SC1=S. The Bertz CT molecular complexity index is 577. The average Bonchev–Trinajstić information content (AvgIpc) is 3.01. The molecule has 5 heteroatoms. The predicted molar refractivity (Wildman–Crippen MR) is 96.6 cm³/mol. The molecule has 0 saturated carbocycles. The van der Waals surface area contributed by atoms with Gasteiger partial charge in [0, 0.05) is 12.6 Å². The lowest BCUT2D eigenvalue weighted by molar-refractivity contribution is -0.122. The minimum Gasteiger partial charge on any atom is -0.462 e. The lowest BCUT2D eigenvalue weighted by Crippen LogP contribution is -2.33. The number of carbonyl (C=O) groups is 1. The summed E-state index contributed by atoms with van der Waals surface area (Å²) in [4.78, 5) is 15.0. The molecule has 1 amide bonds. The molecule has 1 aliphatic heterocycles. The fraction of sp³-hybridized carbons (Fsp3) is 0.529. The highest BCUT2D eigenvalue weighted by Gasteiger charge is 2.33. The van der Waals surface area contributed by atoms with Crippen LogP contribution in [0, 0.1) is 12.8 Å². The van der Waals surface area contributed by atoms with Crippen molar-refractivity contribution in [1.29, 1.82) is 0 Å². The second kappa shape index (κ2) is 7.97. The highest BCUT2D eigenvalue weighted by atomic mass is 32.2. The summed E-state index contributed by atoms with van der Waals surface area (Å²) >= 11 is 6.76. The first-order valence-electron chi connectivity index (χ1n) is 7.87. The molecule has 0 radical (unpaired) electrons. The van der Waals surface area contributed by atoms with Crippen LogP contribution in [0.3, 0.4) is 0 Å². The van der Waals surface area contributed by atoms with Crippen LogP contribution in [0.1, 0.15) is 51.1 Å². The molecule has 0 aromatic carbocycles. The smallest absolute Gasteiger partial charge is 0.266 e. The van der Waals surface area contributed by atoms with Crippen molar-refractivity contribution < 1.29 is 9.21 Å². The Kier molecular flexibility index (Phi) is 6.26. The van der Waals surface area contributed by atoms with E-state index in [0.29, 0.717) is 20.9 Å². The zero-order valence-corrected chi connectivity index (χ0v) is 15.1. The maximum absolute atomic E-state index is 12.6. The summed E-state index contributed by atoms with van der Waals surface area (Å²) in [5, 5.41) is 0. The Hall–Kier alpha value is -1.07. The number of furan rings is 1. The summed E-state index contributed by atoms with van der Waals surface area (Å²) in [5.41, 5.74) is 0. The van der Waals surface area contributed by atoms with E-state index >= 15 is 0 Å². The first kappa shape index (κ1) is 17.3. The molecule has 3 nitrogen and oxygen atoms in total. The van der Waals surface area contributed by atoms with E-state index in [0.717, 1.165) is 25.1 Å². The molecule has 0 N–H and O–H groups in total. The standard InChI is InChI=1S/C17H23NO2S2/c1-4-6-7-13(5-2)11-18-16(19)15(22-17(18)21)10-14-9-8-12(3)20-14/h8-10,13H,4-7,11H2,1-3H3/b15-10+/t13-/m1/s1. The van der Waals surface area contributed by atoms with Crippen molar-refractivity contribution in [2.45, 2.75) is 46.5 Å². The quantitative estimate of drug-likeness (QED) is 0.517. The van der Waals surface area contributed by atoms with Crippen LogP contribution in [0.2, 0.25) is 0 Å². The van der Waals surface area contributed by atoms with E-state index in [1.165, 1.54) is 24.6 Å². The van der Waals surface area contributed by atoms with E-state index in [1.54, 1.807) is 11.0 Å². The van der Waals surface area contributed by atoms with Gasteiger partial charge in [-0.25, -0.2) is 0 Å². The molecular formula is C17H23NO2S2. The van der Waals surface area contributed by atoms with Crippen molar-refractivity contribution in [2.24, 2.45) is 5.92 Å². The van der Waals surface area contributed by atoms with Crippen molar-refractivity contribution in [3.63, 3.8) is 0 Å². The molecule has 0 unspecified atom stereocenters. The van der Waals surface area contributed by atoms with Gasteiger partial charge in [0.15, 0.2) is 0 Å². The Labute approximate surface area is 142 Å². The van der Waals surface area contributed by atoms with Crippen LogP contribution < -0.4 is 0 Å². The van der Waals surface area contributed by atoms with Gasteiger partial charge in [-0.15, -0.1) is 0 Å². The van der Waals surface area contributed by atoms with E-state index in [2.05, 4.69) is 13.8 Å². The minimum absolute atomic E-state index is 0.0130. The van der Waals surface area contributed by atoms with Crippen molar-refractivity contribution in [2.75, 3.05) is 6.54 Å². The number of nitrogens with zero attached hydrogens (tertiary/aromatic N) is 1. The lowest BCUT2D eigenvalue weighted by atomic mass is 9.99. The Morgan fingerprint density at radius 1 is 1.41 bits per heavy atom. The number of carbonyl (C=O) groups excluding carboxylic acids is 1. The molecule has 120 valence electrons. The third-order valence-electron chi connectivity index (χ3n) is 3.89. The number of thiocarbonyl (C=S) groups is 1. The Morgan fingerprint density at radius 2 is 2.18 bits per heavy atom. The number of hydrogen-bond donors (Lipinski definition) is 0. The fourth-order valence-electron chi connectivity index (χ4n) is 2.49. The highest BCUT2D eigenvalue weighted by Crippen LogP contribution is 2.34. The molecular weight excluding hydrogens is 314 g/mol. The zero-order chi connectivity index (χ0) is 16.1. The van der Waals surface area contributed by atoms with Crippen LogP contribution in [0.4, 0.5) is 0 Å². The molecule has 0 spiro atoms. The van der Waals surface area contributed by atoms with Gasteiger partial charge in [-0.05, 0) is 31.4 Å². The van der Waals surface area contributed by atoms with Gasteiger partial charge < -0.3 is 4.42 Å². The zero-order valence-electron chi connectivity index (χ0n) is 13.4. The molecule has 1 fully saturated rings. The molecule has 1 aromatic heterocycles. The topological polar surface area (TPSA) is 33.5 Å². The normalized spacial score (nSPS) is 18.5. The van der Waals surface area contributed by atoms with Gasteiger partial charge in [0.2, 0.25) is 0 Å². The van der Waals surface area contributed by atoms with E-state index in [-0.39, 0.29) is 5.91 Å². The van der Waals surface area contributed by atoms with Gasteiger partial charge in [-0.2, -0.15) is 0 Å². The molecule has 1 aromatic rings. The van der Waals surface area contributed by atoms with Crippen LogP contribution in [-0.2, 0) is 4.79 Å². The van der Waals surface area contributed by atoms with E-state index in [1.807, 2.05) is 19.1 Å². The number of rotatable bonds is 7. The largest absolute Gasteiger partial charge is 0.462 e. The molecule has 22 heavy (non-hydrogen) atoms. The summed E-state index contributed by atoms with van der Waals surface area (Å²) in [6.07, 6.45) is 6.41. The summed E-state index contributed by atoms with van der Waals surface area (Å²) in [6.45, 7) is 7.00. The Morgan fingerprint density at radius 3 is 2.77 bits per heavy atom. The lowest BCUT2D eigenvalue weighted by Gasteiger charge is -2.21. The van der Waals surface area contributed by atoms with Crippen LogP contribution in [-0.4, -0.2) is 21.7 Å². The molecule has 1 saturated heterocycles. The number of unbranched alkanes of at least 4 members (excludes halogenated alkanes) is 1. The maximum atomic E-state index is 12.6. The second-order valence-corrected chi connectivity index (χ2v) is 7.33. The van der Waals surface area contributed by atoms with Gasteiger partial charge in [0.25, 0.3) is 5.91 Å². The summed E-state index contributed by atoms with van der Waals surface area (Å²) in [5.74, 6) is 2.08. The monoisotopic (exact) mass is 337 g/mol. The molecule has 1 aliphatic rings. The van der Waals surface area contributed by atoms with Gasteiger partial charge in [0.1, 0.15) is 15.8 Å². The van der Waals surface area contributed by atoms with E-state index in [4.69, 9.17) is 16.6 Å². The van der Waals surface area contributed by atoms with Crippen LogP contribution >= 0.6 is 24.0 Å². The third kappa shape index (κ3) is 4.23. The first-order valence-corrected chi connectivity index (χ1v) is 9.09. The Balaban J connectivity index is 2.06. The summed E-state index contributed by atoms with van der Waals surface area (Å²) < 4.78 is 6.18. The third-order valence-corrected chi connectivity index (χ3v) is 5.27. The van der Waals surface area contributed by atoms with Crippen LogP contribution in [0.15, 0.2) is 21.5 Å². The number of aryl methyl sites for hydroxylation is 1. The van der Waals surface area contributed by atoms with Crippen molar-refractivity contribution in [3.05, 3.63) is 28.6 Å². The van der Waals surface area contributed by atoms with Crippen LogP contribution in [0.5, 0.6) is 0 Å². The van der Waals surface area contributed by atoms with Crippen molar-refractivity contribution in [3.8, 4) is 0 Å². The number of hydrogen-bond acceptors (Lipinski definition) is 4. The van der Waals surface area contributed by atoms with E-state index < -0.39 is 0 Å². The minimum atomic E-state index is 0.0130. The molecule has 2 heterocycles. The van der Waals surface area contributed by atoms with Crippen molar-refractivity contribution in [1.82, 2.24) is 4.90 Å². The summed E-state index contributed by atoms with van der Waals surface area (Å²) in [6, 6.07) is 3.77. The molecule has 1 atom stereocenters. The predicted octanol–water partition coefficient (Wildman–Crippen LogP) is 5.01. The van der Waals surface area contributed by atoms with Gasteiger partial charge in [-0.1, -0.05) is 57.1 Å². The fourth-order valence-corrected chi connectivity index (χ4v) is 3.75. The number of thioether (sulfide) groups is 1. The van der Waals surface area contributed by atoms with Crippen LogP contribution in [0.25, 0.3) is 6.08 Å². The van der Waals surface area contributed by atoms with Gasteiger partial charge in [-0.3, -0.25) is 9.69 Å². The molecule has 0 aliphatic carbocycles. The maximum Gasteiger partial charge on any atom is 0.266 e. The average molecular weight is 338 g/mol. The van der Waals surface area contributed by atoms with Crippen molar-refractivity contribution >= 4 is 40.3 Å². The molecule has 2 rings (SSSR count). The van der Waals surface area contributed by atoms with Gasteiger partial charge >= 0.3 is 0 Å². The number of amides is 1. The summed E-state index contributed by atoms with van der Waals surface area (Å²) in [7, 11) is 0. The highest BCUT2D eigenvalue weighted by molar-refractivity contribution is 8.26. The first-order chi connectivity index (χ1) is 10.5.